The second kappa shape index (κ2) is 7.38. The number of carbonyl (C=O) groups excluding carboxylic acids is 2. The molecule has 1 aliphatic heterocycles. The zero-order valence-electron chi connectivity index (χ0n) is 14.1. The van der Waals surface area contributed by atoms with Gasteiger partial charge in [-0.2, -0.15) is 0 Å². The summed E-state index contributed by atoms with van der Waals surface area (Å²) in [5.74, 6) is -0.120. The number of nitrogens with two attached hydrogens (primary N) is 1. The van der Waals surface area contributed by atoms with Crippen molar-refractivity contribution in [2.75, 3.05) is 25.4 Å². The summed E-state index contributed by atoms with van der Waals surface area (Å²) in [4.78, 5) is 30.3. The minimum absolute atomic E-state index is 0.133. The van der Waals surface area contributed by atoms with Gasteiger partial charge in [0.1, 0.15) is 6.26 Å². The van der Waals surface area contributed by atoms with Gasteiger partial charge in [-0.3, -0.25) is 9.59 Å². The average molecular weight is 343 g/mol. The zero-order valence-corrected chi connectivity index (χ0v) is 14.1. The molecule has 25 heavy (non-hydrogen) atoms. The molecule has 2 N–H and O–H groups in total. The first kappa shape index (κ1) is 17.0. The third-order valence-electron chi connectivity index (χ3n) is 4.28. The monoisotopic (exact) mass is 343 g/mol. The van der Waals surface area contributed by atoms with Gasteiger partial charge in [-0.25, -0.2) is 4.98 Å². The molecule has 3 rings (SSSR count). The van der Waals surface area contributed by atoms with Crippen molar-refractivity contribution in [3.63, 3.8) is 0 Å². The van der Waals surface area contributed by atoms with Gasteiger partial charge >= 0.3 is 5.97 Å². The Bertz CT molecular complexity index is 746. The summed E-state index contributed by atoms with van der Waals surface area (Å²) in [5, 5.41) is 0. The lowest BCUT2D eigenvalue weighted by Crippen LogP contribution is -2.40. The van der Waals surface area contributed by atoms with Crippen LogP contribution in [0.15, 0.2) is 34.9 Å². The van der Waals surface area contributed by atoms with Crippen molar-refractivity contribution in [3.05, 3.63) is 36.2 Å². The summed E-state index contributed by atoms with van der Waals surface area (Å²) in [6.45, 7) is 3.18. The van der Waals surface area contributed by atoms with Crippen LogP contribution in [-0.4, -0.2) is 41.5 Å². The maximum absolute atomic E-state index is 12.6. The SMILES string of the molecule is CCOC(=O)C1CCN(C(=O)c2coc(-c3ccc(N)cc3)n2)CC1. The van der Waals surface area contributed by atoms with Gasteiger partial charge in [0.2, 0.25) is 5.89 Å². The first-order valence-electron chi connectivity index (χ1n) is 8.36. The quantitative estimate of drug-likeness (QED) is 0.676. The lowest BCUT2D eigenvalue weighted by atomic mass is 9.97. The van der Waals surface area contributed by atoms with Crippen LogP contribution < -0.4 is 5.73 Å². The van der Waals surface area contributed by atoms with Gasteiger partial charge in [-0.15, -0.1) is 0 Å². The number of oxazole rings is 1. The predicted octanol–water partition coefficient (Wildman–Crippen LogP) is 2.34. The van der Waals surface area contributed by atoms with E-state index in [1.165, 1.54) is 6.26 Å². The van der Waals surface area contributed by atoms with E-state index in [0.29, 0.717) is 44.1 Å². The molecule has 7 heteroatoms. The largest absolute Gasteiger partial charge is 0.466 e. The second-order valence-electron chi connectivity index (χ2n) is 5.98. The number of carbonyl (C=O) groups is 2. The van der Waals surface area contributed by atoms with Crippen molar-refractivity contribution < 1.29 is 18.7 Å². The van der Waals surface area contributed by atoms with E-state index in [9.17, 15) is 9.59 Å². The summed E-state index contributed by atoms with van der Waals surface area (Å²) >= 11 is 0. The maximum atomic E-state index is 12.6. The van der Waals surface area contributed by atoms with Crippen molar-refractivity contribution in [3.8, 4) is 11.5 Å². The molecule has 1 aromatic heterocycles. The fraction of sp³-hybridized carbons (Fsp3) is 0.389. The fourth-order valence-corrected chi connectivity index (χ4v) is 2.87. The Balaban J connectivity index is 1.63. The molecule has 2 aromatic rings. The molecule has 0 spiro atoms. The number of amides is 1. The molecule has 0 unspecified atom stereocenters. The van der Waals surface area contributed by atoms with Gasteiger partial charge in [0.25, 0.3) is 5.91 Å². The van der Waals surface area contributed by atoms with Crippen LogP contribution in [0.4, 0.5) is 5.69 Å². The van der Waals surface area contributed by atoms with Crippen molar-refractivity contribution in [2.24, 2.45) is 5.92 Å². The summed E-state index contributed by atoms with van der Waals surface area (Å²) in [5.41, 5.74) is 7.34. The van der Waals surface area contributed by atoms with Crippen LogP contribution in [0, 0.1) is 5.92 Å². The molecule has 0 radical (unpaired) electrons. The number of hydrogen-bond donors (Lipinski definition) is 1. The molecule has 1 fully saturated rings. The smallest absolute Gasteiger partial charge is 0.309 e. The summed E-state index contributed by atoms with van der Waals surface area (Å²) < 4.78 is 10.5. The lowest BCUT2D eigenvalue weighted by molar-refractivity contribution is -0.149. The molecule has 2 heterocycles. The third-order valence-corrected chi connectivity index (χ3v) is 4.28. The third kappa shape index (κ3) is 3.81. The highest BCUT2D eigenvalue weighted by atomic mass is 16.5. The molecule has 1 aromatic carbocycles. The number of benzene rings is 1. The number of anilines is 1. The zero-order chi connectivity index (χ0) is 17.8. The molecule has 0 saturated carbocycles. The van der Waals surface area contributed by atoms with E-state index < -0.39 is 0 Å². The highest BCUT2D eigenvalue weighted by Gasteiger charge is 2.29. The number of aromatic nitrogens is 1. The van der Waals surface area contributed by atoms with Gasteiger partial charge in [0.05, 0.1) is 12.5 Å². The Morgan fingerprint density at radius 3 is 2.60 bits per heavy atom. The molecular weight excluding hydrogens is 322 g/mol. The van der Waals surface area contributed by atoms with Crippen LogP contribution in [0.3, 0.4) is 0 Å². The standard InChI is InChI=1S/C18H21N3O4/c1-2-24-18(23)13-7-9-21(10-8-13)17(22)15-11-25-16(20-15)12-3-5-14(19)6-4-12/h3-6,11,13H,2,7-10,19H2,1H3. The highest BCUT2D eigenvalue weighted by Crippen LogP contribution is 2.23. The van der Waals surface area contributed by atoms with Gasteiger partial charge in [0.15, 0.2) is 5.69 Å². The van der Waals surface area contributed by atoms with E-state index in [-0.39, 0.29) is 23.5 Å². The summed E-state index contributed by atoms with van der Waals surface area (Å²) in [7, 11) is 0. The van der Waals surface area contributed by atoms with Crippen LogP contribution in [0.1, 0.15) is 30.3 Å². The predicted molar refractivity (Wildman–Crippen MR) is 91.6 cm³/mol. The number of likely N-dealkylation sites (tertiary alicyclic amines) is 1. The maximum Gasteiger partial charge on any atom is 0.309 e. The number of esters is 1. The Morgan fingerprint density at radius 2 is 1.96 bits per heavy atom. The number of piperidine rings is 1. The Labute approximate surface area is 145 Å². The van der Waals surface area contributed by atoms with Crippen molar-refractivity contribution in [2.45, 2.75) is 19.8 Å². The summed E-state index contributed by atoms with van der Waals surface area (Å²) in [6, 6.07) is 7.09. The van der Waals surface area contributed by atoms with Crippen molar-refractivity contribution in [1.82, 2.24) is 9.88 Å². The molecule has 1 aliphatic rings. The van der Waals surface area contributed by atoms with E-state index in [4.69, 9.17) is 14.9 Å². The van der Waals surface area contributed by atoms with Gasteiger partial charge in [0, 0.05) is 24.3 Å². The average Bonchev–Trinajstić information content (AvgIpc) is 3.12. The first-order valence-corrected chi connectivity index (χ1v) is 8.36. The topological polar surface area (TPSA) is 98.7 Å². The van der Waals surface area contributed by atoms with Crippen molar-refractivity contribution >= 4 is 17.6 Å². The molecule has 1 saturated heterocycles. The minimum Gasteiger partial charge on any atom is -0.466 e. The Kier molecular flexibility index (Phi) is 5.02. The van der Waals surface area contributed by atoms with Crippen LogP contribution in [0.2, 0.25) is 0 Å². The van der Waals surface area contributed by atoms with E-state index in [0.717, 1.165) is 5.56 Å². The van der Waals surface area contributed by atoms with Crippen molar-refractivity contribution in [1.29, 1.82) is 0 Å². The Hall–Kier alpha value is -2.83. The lowest BCUT2D eigenvalue weighted by Gasteiger charge is -2.30. The van der Waals surface area contributed by atoms with E-state index in [1.807, 2.05) is 0 Å². The number of rotatable bonds is 4. The van der Waals surface area contributed by atoms with Crippen LogP contribution in [0.5, 0.6) is 0 Å². The number of ether oxygens (including phenoxy) is 1. The Morgan fingerprint density at radius 1 is 1.28 bits per heavy atom. The van der Waals surface area contributed by atoms with E-state index in [1.54, 1.807) is 36.1 Å². The summed E-state index contributed by atoms with van der Waals surface area (Å²) in [6.07, 6.45) is 2.58. The molecule has 132 valence electrons. The first-order chi connectivity index (χ1) is 12.1. The fourth-order valence-electron chi connectivity index (χ4n) is 2.87. The molecule has 0 bridgehead atoms. The molecular formula is C18H21N3O4. The van der Waals surface area contributed by atoms with Crippen LogP contribution in [-0.2, 0) is 9.53 Å². The highest BCUT2D eigenvalue weighted by molar-refractivity contribution is 5.92. The van der Waals surface area contributed by atoms with E-state index in [2.05, 4.69) is 4.98 Å². The molecule has 7 nitrogen and oxygen atoms in total. The van der Waals surface area contributed by atoms with Gasteiger partial charge < -0.3 is 19.8 Å². The molecule has 0 aliphatic carbocycles. The van der Waals surface area contributed by atoms with Crippen LogP contribution in [0.25, 0.3) is 11.5 Å². The van der Waals surface area contributed by atoms with E-state index >= 15 is 0 Å². The second-order valence-corrected chi connectivity index (χ2v) is 5.98. The number of nitrogen functional groups attached to an aromatic ring is 1. The molecule has 1 amide bonds. The minimum atomic E-state index is -0.187. The number of hydrogen-bond acceptors (Lipinski definition) is 6. The number of nitrogens with zero attached hydrogens (tertiary/aromatic N) is 2. The molecule has 0 atom stereocenters. The van der Waals surface area contributed by atoms with Gasteiger partial charge in [-0.1, -0.05) is 0 Å². The van der Waals surface area contributed by atoms with Crippen LogP contribution >= 0.6 is 0 Å². The van der Waals surface area contributed by atoms with Gasteiger partial charge in [-0.05, 0) is 44.0 Å². The normalized spacial score (nSPS) is 15.2.